The largest absolute Gasteiger partial charge is 0.494 e. The first-order chi connectivity index (χ1) is 13.7. The van der Waals surface area contributed by atoms with E-state index in [1.165, 1.54) is 0 Å². The van der Waals surface area contributed by atoms with Crippen LogP contribution in [0.2, 0.25) is 5.02 Å². The zero-order chi connectivity index (χ0) is 19.6. The van der Waals surface area contributed by atoms with Crippen LogP contribution in [0.1, 0.15) is 25.2 Å². The average molecular weight is 401 g/mol. The summed E-state index contributed by atoms with van der Waals surface area (Å²) in [7, 11) is 0. The van der Waals surface area contributed by atoms with Crippen molar-refractivity contribution in [3.8, 4) is 17.1 Å². The van der Waals surface area contributed by atoms with Gasteiger partial charge in [0.2, 0.25) is 17.6 Å². The molecule has 0 aliphatic heterocycles. The molecule has 0 radical (unpaired) electrons. The number of nitrogens with zero attached hydrogens (tertiary/aromatic N) is 3. The third kappa shape index (κ3) is 6.35. The summed E-state index contributed by atoms with van der Waals surface area (Å²) in [6.07, 6.45) is 5.73. The summed E-state index contributed by atoms with van der Waals surface area (Å²) >= 11 is 5.83. The van der Waals surface area contributed by atoms with Gasteiger partial charge >= 0.3 is 0 Å². The average Bonchev–Trinajstić information content (AvgIpc) is 3.20. The lowest BCUT2D eigenvalue weighted by atomic mass is 10.2. The molecule has 0 atom stereocenters. The number of aryl methyl sites for hydroxylation is 1. The number of ether oxygens (including phenoxy) is 1. The molecule has 1 N–H and O–H groups in total. The number of nitrogens with one attached hydrogen (secondary N) is 1. The molecule has 0 fully saturated rings. The van der Waals surface area contributed by atoms with Crippen molar-refractivity contribution < 1.29 is 14.1 Å². The van der Waals surface area contributed by atoms with Gasteiger partial charge in [0.15, 0.2) is 0 Å². The number of carbonyl (C=O) groups excluding carboxylic acids is 1. The van der Waals surface area contributed by atoms with Crippen molar-refractivity contribution in [2.45, 2.75) is 25.7 Å². The lowest BCUT2D eigenvalue weighted by molar-refractivity contribution is -0.121. The van der Waals surface area contributed by atoms with E-state index >= 15 is 0 Å². The third-order valence-corrected chi connectivity index (χ3v) is 4.20. The summed E-state index contributed by atoms with van der Waals surface area (Å²) in [4.78, 5) is 20.2. The summed E-state index contributed by atoms with van der Waals surface area (Å²) in [5.41, 5.74) is 0.829. The number of amides is 1. The zero-order valence-corrected chi connectivity index (χ0v) is 16.1. The highest BCUT2D eigenvalue weighted by Gasteiger charge is 2.10. The summed E-state index contributed by atoms with van der Waals surface area (Å²) in [5.74, 6) is 1.69. The van der Waals surface area contributed by atoms with Gasteiger partial charge in [-0.25, -0.2) is 0 Å². The van der Waals surface area contributed by atoms with Crippen LogP contribution in [0.4, 0.5) is 0 Å². The van der Waals surface area contributed by atoms with Gasteiger partial charge in [-0.1, -0.05) is 16.8 Å². The monoisotopic (exact) mass is 400 g/mol. The van der Waals surface area contributed by atoms with Gasteiger partial charge in [0.1, 0.15) is 5.75 Å². The van der Waals surface area contributed by atoms with Crippen molar-refractivity contribution in [2.24, 2.45) is 0 Å². The van der Waals surface area contributed by atoms with Crippen LogP contribution in [-0.2, 0) is 11.2 Å². The highest BCUT2D eigenvalue weighted by molar-refractivity contribution is 6.30. The van der Waals surface area contributed by atoms with Gasteiger partial charge in [-0.2, -0.15) is 4.98 Å². The number of benzene rings is 1. The van der Waals surface area contributed by atoms with E-state index in [4.69, 9.17) is 20.9 Å². The molecule has 2 heterocycles. The molecule has 0 aliphatic carbocycles. The fraction of sp³-hybridized carbons (Fsp3) is 0.300. The van der Waals surface area contributed by atoms with Crippen molar-refractivity contribution in [1.82, 2.24) is 20.4 Å². The number of carbonyl (C=O) groups is 1. The molecule has 1 aromatic carbocycles. The molecule has 3 rings (SSSR count). The molecule has 0 aliphatic rings. The molecule has 0 spiro atoms. The second-order valence-electron chi connectivity index (χ2n) is 6.11. The zero-order valence-electron chi connectivity index (χ0n) is 15.3. The number of pyridine rings is 1. The predicted molar refractivity (Wildman–Crippen MR) is 105 cm³/mol. The Labute approximate surface area is 168 Å². The van der Waals surface area contributed by atoms with E-state index < -0.39 is 0 Å². The molecular formula is C20H21ClN4O3. The van der Waals surface area contributed by atoms with Gasteiger partial charge in [0.05, 0.1) is 6.61 Å². The van der Waals surface area contributed by atoms with Crippen molar-refractivity contribution in [1.29, 1.82) is 0 Å². The van der Waals surface area contributed by atoms with E-state index in [0.29, 0.717) is 42.7 Å². The van der Waals surface area contributed by atoms with E-state index in [2.05, 4.69) is 20.4 Å². The Kier molecular flexibility index (Phi) is 7.37. The fourth-order valence-corrected chi connectivity index (χ4v) is 2.59. The van der Waals surface area contributed by atoms with Crippen LogP contribution in [-0.4, -0.2) is 34.2 Å². The third-order valence-electron chi connectivity index (χ3n) is 3.95. The fourth-order valence-electron chi connectivity index (χ4n) is 2.46. The van der Waals surface area contributed by atoms with E-state index in [0.717, 1.165) is 24.2 Å². The molecule has 0 bridgehead atoms. The Bertz CT molecular complexity index is 869. The Balaban J connectivity index is 1.28. The lowest BCUT2D eigenvalue weighted by Gasteiger charge is -2.07. The van der Waals surface area contributed by atoms with E-state index in [9.17, 15) is 4.79 Å². The standard InChI is InChI=1S/C20H21ClN4O3/c21-16-3-5-17(6-4-16)27-14-2-1-11-23-18(26)7-8-19-24-20(25-28-19)15-9-12-22-13-10-15/h3-6,9-10,12-13H,1-2,7-8,11,14H2,(H,23,26). The maximum atomic E-state index is 11.9. The first-order valence-electron chi connectivity index (χ1n) is 9.09. The molecule has 3 aromatic rings. The van der Waals surface area contributed by atoms with Crippen molar-refractivity contribution >= 4 is 17.5 Å². The highest BCUT2D eigenvalue weighted by Crippen LogP contribution is 2.16. The van der Waals surface area contributed by atoms with Gasteiger partial charge in [0.25, 0.3) is 0 Å². The minimum Gasteiger partial charge on any atom is -0.494 e. The van der Waals surface area contributed by atoms with Gasteiger partial charge in [-0.05, 0) is 49.2 Å². The Morgan fingerprint density at radius 1 is 1.11 bits per heavy atom. The van der Waals surface area contributed by atoms with E-state index in [1.54, 1.807) is 36.7 Å². The van der Waals surface area contributed by atoms with Gasteiger partial charge < -0.3 is 14.6 Å². The molecule has 1 amide bonds. The van der Waals surface area contributed by atoms with Crippen LogP contribution in [0.3, 0.4) is 0 Å². The number of unbranched alkanes of at least 4 members (excludes halogenated alkanes) is 1. The molecule has 28 heavy (non-hydrogen) atoms. The summed E-state index contributed by atoms with van der Waals surface area (Å²) in [6, 6.07) is 10.9. The van der Waals surface area contributed by atoms with Crippen molar-refractivity contribution in [3.63, 3.8) is 0 Å². The number of hydrogen-bond acceptors (Lipinski definition) is 6. The summed E-state index contributed by atoms with van der Waals surface area (Å²) in [6.45, 7) is 1.20. The smallest absolute Gasteiger partial charge is 0.227 e. The second kappa shape index (κ2) is 10.4. The number of aromatic nitrogens is 3. The molecule has 0 saturated heterocycles. The Hall–Kier alpha value is -2.93. The van der Waals surface area contributed by atoms with Crippen LogP contribution in [0, 0.1) is 0 Å². The van der Waals surface area contributed by atoms with Gasteiger partial charge in [-0.3, -0.25) is 9.78 Å². The highest BCUT2D eigenvalue weighted by atomic mass is 35.5. The van der Waals surface area contributed by atoms with Gasteiger partial charge in [-0.15, -0.1) is 0 Å². The second-order valence-corrected chi connectivity index (χ2v) is 6.54. The normalized spacial score (nSPS) is 10.6. The quantitative estimate of drug-likeness (QED) is 0.522. The molecule has 0 unspecified atom stereocenters. The predicted octanol–water partition coefficient (Wildman–Crippen LogP) is 3.69. The molecule has 7 nitrogen and oxygen atoms in total. The number of halogens is 1. The van der Waals surface area contributed by atoms with E-state index in [-0.39, 0.29) is 5.91 Å². The van der Waals surface area contributed by atoms with Crippen LogP contribution < -0.4 is 10.1 Å². The maximum Gasteiger partial charge on any atom is 0.227 e. The van der Waals surface area contributed by atoms with Crippen LogP contribution in [0.5, 0.6) is 5.75 Å². The minimum absolute atomic E-state index is 0.0396. The van der Waals surface area contributed by atoms with Crippen LogP contribution in [0.25, 0.3) is 11.4 Å². The maximum absolute atomic E-state index is 11.9. The SMILES string of the molecule is O=C(CCc1nc(-c2ccncc2)no1)NCCCCOc1ccc(Cl)cc1. The molecule has 2 aromatic heterocycles. The van der Waals surface area contributed by atoms with Crippen LogP contribution in [0.15, 0.2) is 53.3 Å². The Morgan fingerprint density at radius 2 is 1.89 bits per heavy atom. The summed E-state index contributed by atoms with van der Waals surface area (Å²) < 4.78 is 10.8. The molecular weight excluding hydrogens is 380 g/mol. The molecule has 146 valence electrons. The number of rotatable bonds is 10. The van der Waals surface area contributed by atoms with E-state index in [1.807, 2.05) is 12.1 Å². The van der Waals surface area contributed by atoms with Crippen molar-refractivity contribution in [2.75, 3.05) is 13.2 Å². The Morgan fingerprint density at radius 3 is 2.68 bits per heavy atom. The minimum atomic E-state index is -0.0396. The first kappa shape index (κ1) is 19.8. The first-order valence-corrected chi connectivity index (χ1v) is 9.46. The molecule has 8 heteroatoms. The van der Waals surface area contributed by atoms with Gasteiger partial charge in [0, 0.05) is 42.4 Å². The van der Waals surface area contributed by atoms with Crippen LogP contribution >= 0.6 is 11.6 Å². The number of hydrogen-bond donors (Lipinski definition) is 1. The topological polar surface area (TPSA) is 90.1 Å². The summed E-state index contributed by atoms with van der Waals surface area (Å²) in [5, 5.41) is 7.50. The lowest BCUT2D eigenvalue weighted by Crippen LogP contribution is -2.25. The van der Waals surface area contributed by atoms with Crippen molar-refractivity contribution in [3.05, 3.63) is 59.7 Å². The molecule has 0 saturated carbocycles.